The number of rotatable bonds is 10. The van der Waals surface area contributed by atoms with Gasteiger partial charge in [0.15, 0.2) is 0 Å². The van der Waals surface area contributed by atoms with E-state index in [4.69, 9.17) is 4.74 Å². The second-order valence-corrected chi connectivity index (χ2v) is 9.45. The van der Waals surface area contributed by atoms with Gasteiger partial charge in [-0.05, 0) is 54.5 Å². The first-order chi connectivity index (χ1) is 18.7. The van der Waals surface area contributed by atoms with Crippen molar-refractivity contribution in [2.24, 2.45) is 5.41 Å². The molecule has 4 N–H and O–H groups in total. The summed E-state index contributed by atoms with van der Waals surface area (Å²) in [6, 6.07) is 7.40. The monoisotopic (exact) mass is 541 g/mol. The Kier molecular flexibility index (Phi) is 8.55. The van der Waals surface area contributed by atoms with E-state index < -0.39 is 23.8 Å². The molecule has 0 unspecified atom stereocenters. The number of urea groups is 1. The number of carbonyl (C=O) groups excluding carboxylic acids is 2. The molecule has 0 saturated heterocycles. The minimum absolute atomic E-state index is 0.0170. The van der Waals surface area contributed by atoms with Crippen LogP contribution in [0.5, 0.6) is 5.88 Å². The number of hydrogen-bond acceptors (Lipinski definition) is 7. The van der Waals surface area contributed by atoms with E-state index >= 15 is 4.39 Å². The van der Waals surface area contributed by atoms with E-state index in [-0.39, 0.29) is 47.1 Å². The lowest BCUT2D eigenvalue weighted by Gasteiger charge is -2.14. The maximum absolute atomic E-state index is 15.0. The molecule has 206 valence electrons. The summed E-state index contributed by atoms with van der Waals surface area (Å²) in [5.74, 6) is -1.54. The Morgan fingerprint density at radius 1 is 1.08 bits per heavy atom. The van der Waals surface area contributed by atoms with Gasteiger partial charge in [-0.1, -0.05) is 6.92 Å². The van der Waals surface area contributed by atoms with E-state index in [1.807, 2.05) is 0 Å². The fourth-order valence-electron chi connectivity index (χ4n) is 3.82. The Hall–Kier alpha value is -4.32. The number of methoxy groups -OCH3 is 1. The molecule has 4 rings (SSSR count). The maximum Gasteiger partial charge on any atom is 0.412 e. The number of aliphatic hydroxyl groups is 1. The highest BCUT2D eigenvalue weighted by Gasteiger charge is 2.36. The van der Waals surface area contributed by atoms with Gasteiger partial charge >= 0.3 is 12.1 Å². The Morgan fingerprint density at radius 2 is 1.87 bits per heavy atom. The predicted molar refractivity (Wildman–Crippen MR) is 140 cm³/mol. The van der Waals surface area contributed by atoms with Crippen LogP contribution >= 0.6 is 0 Å². The van der Waals surface area contributed by atoms with E-state index in [2.05, 4.69) is 37.6 Å². The molecule has 0 atom stereocenters. The van der Waals surface area contributed by atoms with Gasteiger partial charge in [0.2, 0.25) is 5.88 Å². The lowest BCUT2D eigenvalue weighted by molar-refractivity contribution is 0.187. The number of benzene rings is 1. The molecule has 1 aliphatic rings. The van der Waals surface area contributed by atoms with Gasteiger partial charge in [0.05, 0.1) is 25.1 Å². The summed E-state index contributed by atoms with van der Waals surface area (Å²) in [5.41, 5.74) is 1.12. The number of amides is 3. The molecule has 1 fully saturated rings. The molecule has 3 amide bonds. The van der Waals surface area contributed by atoms with Crippen LogP contribution in [-0.2, 0) is 4.74 Å². The standard InChI is InChI=1S/C27H29F2N5O5/c1-27(4-5-27)6-8-31-25(36)33-22-14-18(19(28)15-20(22)29)17-11-21(32-24(13-17)39-10-9-35)16-3-7-30-23(12-16)34-26(37)38-2/h3,7,11-15,35H,4-6,8-10H2,1-2H3,(H,30,34,37)(H2,31,33,36). The van der Waals surface area contributed by atoms with Crippen molar-refractivity contribution < 1.29 is 33.0 Å². The summed E-state index contributed by atoms with van der Waals surface area (Å²) < 4.78 is 39.7. The van der Waals surface area contributed by atoms with Gasteiger partial charge in [0.25, 0.3) is 0 Å². The number of ether oxygens (including phenoxy) is 2. The van der Waals surface area contributed by atoms with Crippen LogP contribution in [0.25, 0.3) is 22.4 Å². The number of halogens is 2. The van der Waals surface area contributed by atoms with Crippen molar-refractivity contribution in [3.8, 4) is 28.3 Å². The summed E-state index contributed by atoms with van der Waals surface area (Å²) in [4.78, 5) is 32.4. The minimum Gasteiger partial charge on any atom is -0.475 e. The van der Waals surface area contributed by atoms with Crippen LogP contribution in [0.4, 0.5) is 29.9 Å². The Labute approximate surface area is 223 Å². The zero-order valence-corrected chi connectivity index (χ0v) is 21.5. The van der Waals surface area contributed by atoms with E-state index in [9.17, 15) is 19.1 Å². The molecule has 1 aromatic carbocycles. The largest absolute Gasteiger partial charge is 0.475 e. The second kappa shape index (κ2) is 12.0. The first-order valence-corrected chi connectivity index (χ1v) is 12.3. The topological polar surface area (TPSA) is 135 Å². The molecule has 0 spiro atoms. The normalized spacial score (nSPS) is 13.4. The fraction of sp³-hybridized carbons (Fsp3) is 0.333. The number of nitrogens with one attached hydrogen (secondary N) is 3. The van der Waals surface area contributed by atoms with Crippen LogP contribution in [0.15, 0.2) is 42.6 Å². The van der Waals surface area contributed by atoms with Crippen molar-refractivity contribution in [2.75, 3.05) is 37.5 Å². The van der Waals surface area contributed by atoms with Gasteiger partial charge in [0, 0.05) is 36.0 Å². The molecule has 0 bridgehead atoms. The summed E-state index contributed by atoms with van der Waals surface area (Å²) in [6.07, 6.45) is 3.78. The summed E-state index contributed by atoms with van der Waals surface area (Å²) in [7, 11) is 1.22. The molecule has 10 nitrogen and oxygen atoms in total. The summed E-state index contributed by atoms with van der Waals surface area (Å²) >= 11 is 0. The van der Waals surface area contributed by atoms with Gasteiger partial charge in [-0.2, -0.15) is 0 Å². The molecule has 3 aromatic rings. The molecule has 12 heteroatoms. The van der Waals surface area contributed by atoms with Gasteiger partial charge in [-0.25, -0.2) is 28.3 Å². The number of hydrogen-bond donors (Lipinski definition) is 4. The Morgan fingerprint density at radius 3 is 2.59 bits per heavy atom. The van der Waals surface area contributed by atoms with E-state index in [0.29, 0.717) is 23.9 Å². The van der Waals surface area contributed by atoms with Crippen molar-refractivity contribution in [1.82, 2.24) is 15.3 Å². The molecule has 2 aromatic heterocycles. The lowest BCUT2D eigenvalue weighted by atomic mass is 10.0. The predicted octanol–water partition coefficient (Wildman–Crippen LogP) is 4.95. The number of carbonyl (C=O) groups is 2. The number of nitrogens with zero attached hydrogens (tertiary/aromatic N) is 2. The smallest absolute Gasteiger partial charge is 0.412 e. The second-order valence-electron chi connectivity index (χ2n) is 9.45. The maximum atomic E-state index is 15.0. The van der Waals surface area contributed by atoms with Crippen molar-refractivity contribution in [1.29, 1.82) is 0 Å². The van der Waals surface area contributed by atoms with Gasteiger partial charge in [-0.3, -0.25) is 5.32 Å². The fourth-order valence-corrected chi connectivity index (χ4v) is 3.82. The van der Waals surface area contributed by atoms with Crippen molar-refractivity contribution in [3.63, 3.8) is 0 Å². The molecular formula is C27H29F2N5O5. The molecule has 0 aliphatic heterocycles. The minimum atomic E-state index is -0.931. The van der Waals surface area contributed by atoms with Crippen LogP contribution in [0, 0.1) is 17.0 Å². The molecule has 2 heterocycles. The molecular weight excluding hydrogens is 512 g/mol. The quantitative estimate of drug-likeness (QED) is 0.285. The number of anilines is 2. The van der Waals surface area contributed by atoms with E-state index in [1.165, 1.54) is 31.5 Å². The van der Waals surface area contributed by atoms with Crippen LogP contribution in [0.3, 0.4) is 0 Å². The SMILES string of the molecule is COC(=O)Nc1cc(-c2cc(-c3cc(NC(=O)NCCC4(C)CC4)c(F)cc3F)cc(OCCO)n2)ccn1. The highest BCUT2D eigenvalue weighted by molar-refractivity contribution is 5.90. The zero-order chi connectivity index (χ0) is 28.0. The van der Waals surface area contributed by atoms with Crippen LogP contribution in [0.2, 0.25) is 0 Å². The van der Waals surface area contributed by atoms with Crippen LogP contribution < -0.4 is 20.7 Å². The first kappa shape index (κ1) is 27.7. The summed E-state index contributed by atoms with van der Waals surface area (Å²) in [6.45, 7) is 2.23. The Bertz CT molecular complexity index is 1370. The summed E-state index contributed by atoms with van der Waals surface area (Å²) in [5, 5.41) is 16.8. The highest BCUT2D eigenvalue weighted by Crippen LogP contribution is 2.47. The van der Waals surface area contributed by atoms with E-state index in [1.54, 1.807) is 12.1 Å². The highest BCUT2D eigenvalue weighted by atomic mass is 19.1. The van der Waals surface area contributed by atoms with Crippen molar-refractivity contribution >= 4 is 23.6 Å². The molecule has 1 saturated carbocycles. The van der Waals surface area contributed by atoms with Crippen molar-refractivity contribution in [3.05, 3.63) is 54.2 Å². The molecule has 39 heavy (non-hydrogen) atoms. The Balaban J connectivity index is 1.64. The molecule has 0 radical (unpaired) electrons. The van der Waals surface area contributed by atoms with Crippen LogP contribution in [-0.4, -0.2) is 54.1 Å². The first-order valence-electron chi connectivity index (χ1n) is 12.3. The third-order valence-corrected chi connectivity index (χ3v) is 6.35. The average molecular weight is 542 g/mol. The molecule has 1 aliphatic carbocycles. The van der Waals surface area contributed by atoms with Gasteiger partial charge in [0.1, 0.15) is 24.1 Å². The zero-order valence-electron chi connectivity index (χ0n) is 21.5. The third kappa shape index (κ3) is 7.38. The van der Waals surface area contributed by atoms with Gasteiger partial charge in [-0.15, -0.1) is 0 Å². The lowest BCUT2D eigenvalue weighted by Crippen LogP contribution is -2.30. The van der Waals surface area contributed by atoms with Crippen molar-refractivity contribution in [2.45, 2.75) is 26.2 Å². The number of pyridine rings is 2. The van der Waals surface area contributed by atoms with Gasteiger partial charge < -0.3 is 25.2 Å². The number of aliphatic hydroxyl groups excluding tert-OH is 1. The van der Waals surface area contributed by atoms with Crippen LogP contribution in [0.1, 0.15) is 26.2 Å². The van der Waals surface area contributed by atoms with E-state index in [0.717, 1.165) is 19.3 Å². The third-order valence-electron chi connectivity index (χ3n) is 6.35. The number of aromatic nitrogens is 2. The average Bonchev–Trinajstić information content (AvgIpc) is 3.65.